The lowest BCUT2D eigenvalue weighted by molar-refractivity contribution is 0.585. The fraction of sp³-hybridized carbons (Fsp3) is 0.647. The van der Waals surface area contributed by atoms with Crippen molar-refractivity contribution in [3.63, 3.8) is 0 Å². The lowest BCUT2D eigenvalue weighted by Gasteiger charge is -2.27. The van der Waals surface area contributed by atoms with E-state index in [1.165, 1.54) is 44.9 Å². The predicted octanol–water partition coefficient (Wildman–Crippen LogP) is 4.48. The monoisotopic (exact) mass is 243 g/mol. The van der Waals surface area contributed by atoms with Crippen LogP contribution in [0.5, 0.6) is 0 Å². The van der Waals surface area contributed by atoms with Crippen molar-refractivity contribution in [3.05, 3.63) is 34.1 Å². The Balaban J connectivity index is 2.04. The first kappa shape index (κ1) is 12.1. The molecular formula is C17H25N. The normalized spacial score (nSPS) is 27.0. The van der Waals surface area contributed by atoms with Crippen molar-refractivity contribution in [1.29, 1.82) is 0 Å². The van der Waals surface area contributed by atoms with Gasteiger partial charge in [-0.25, -0.2) is 0 Å². The van der Waals surface area contributed by atoms with Gasteiger partial charge in [0.15, 0.2) is 0 Å². The molecule has 0 spiro atoms. The molecule has 2 bridgehead atoms. The van der Waals surface area contributed by atoms with E-state index in [-0.39, 0.29) is 0 Å². The number of allylic oxidation sites excluding steroid dienone is 5. The molecule has 1 saturated carbocycles. The molecule has 0 aromatic rings. The molecule has 1 nitrogen and oxygen atoms in total. The molecule has 0 radical (unpaired) electrons. The third-order valence-corrected chi connectivity index (χ3v) is 4.79. The Kier molecular flexibility index (Phi) is 3.32. The molecule has 0 amide bonds. The highest BCUT2D eigenvalue weighted by atomic mass is 14.9. The van der Waals surface area contributed by atoms with Crippen LogP contribution in [0.1, 0.15) is 58.8 Å². The molecule has 0 aliphatic heterocycles. The molecule has 0 saturated heterocycles. The summed E-state index contributed by atoms with van der Waals surface area (Å²) in [5.74, 6) is 0.684. The molecule has 1 N–H and O–H groups in total. The van der Waals surface area contributed by atoms with Crippen molar-refractivity contribution < 1.29 is 0 Å². The maximum absolute atomic E-state index is 3.76. The lowest BCUT2D eigenvalue weighted by Crippen LogP contribution is -2.21. The van der Waals surface area contributed by atoms with Gasteiger partial charge in [-0.15, -0.1) is 0 Å². The van der Waals surface area contributed by atoms with Gasteiger partial charge in [0.25, 0.3) is 0 Å². The number of hydrogen-bond acceptors (Lipinski definition) is 1. The predicted molar refractivity (Wildman–Crippen MR) is 77.3 cm³/mol. The summed E-state index contributed by atoms with van der Waals surface area (Å²) in [6, 6.07) is 0. The molecular weight excluding hydrogens is 218 g/mol. The fourth-order valence-corrected chi connectivity index (χ4v) is 3.78. The highest BCUT2D eigenvalue weighted by molar-refractivity contribution is 5.51. The van der Waals surface area contributed by atoms with Crippen molar-refractivity contribution in [2.24, 2.45) is 5.92 Å². The number of nitrogens with one attached hydrogen (secondary N) is 1. The van der Waals surface area contributed by atoms with Crippen molar-refractivity contribution in [2.45, 2.75) is 58.8 Å². The van der Waals surface area contributed by atoms with Crippen LogP contribution in [-0.2, 0) is 0 Å². The van der Waals surface area contributed by atoms with Gasteiger partial charge in [-0.2, -0.15) is 0 Å². The minimum absolute atomic E-state index is 0.684. The highest BCUT2D eigenvalue weighted by Crippen LogP contribution is 2.44. The molecule has 1 unspecified atom stereocenters. The van der Waals surface area contributed by atoms with Crippen LogP contribution in [-0.4, -0.2) is 6.54 Å². The van der Waals surface area contributed by atoms with Crippen molar-refractivity contribution in [2.75, 3.05) is 6.54 Å². The summed E-state index contributed by atoms with van der Waals surface area (Å²) in [6.07, 6.45) is 11.7. The summed E-state index contributed by atoms with van der Waals surface area (Å²) in [4.78, 5) is 0. The molecule has 18 heavy (non-hydrogen) atoms. The average Bonchev–Trinajstić information content (AvgIpc) is 2.80. The quantitative estimate of drug-likeness (QED) is 0.770. The van der Waals surface area contributed by atoms with Crippen LogP contribution in [0.15, 0.2) is 34.1 Å². The molecule has 1 heteroatoms. The van der Waals surface area contributed by atoms with Crippen molar-refractivity contribution in [3.8, 4) is 0 Å². The van der Waals surface area contributed by atoms with Gasteiger partial charge in [-0.05, 0) is 61.7 Å². The van der Waals surface area contributed by atoms with E-state index in [2.05, 4.69) is 25.2 Å². The molecule has 1 atom stereocenters. The van der Waals surface area contributed by atoms with E-state index in [1.807, 2.05) is 0 Å². The number of rotatable bonds is 3. The van der Waals surface area contributed by atoms with Gasteiger partial charge in [0, 0.05) is 18.2 Å². The molecule has 1 fully saturated rings. The van der Waals surface area contributed by atoms with E-state index in [0.29, 0.717) is 5.92 Å². The molecule has 0 aromatic heterocycles. The van der Waals surface area contributed by atoms with Gasteiger partial charge in [-0.1, -0.05) is 25.5 Å². The number of fused-ring (bicyclic) bond motifs is 2. The second-order valence-electron chi connectivity index (χ2n) is 5.98. The average molecular weight is 243 g/mol. The molecule has 3 aliphatic rings. The number of hydrogen-bond donors (Lipinski definition) is 1. The van der Waals surface area contributed by atoms with Crippen LogP contribution in [0, 0.1) is 5.92 Å². The van der Waals surface area contributed by atoms with E-state index < -0.39 is 0 Å². The first-order chi connectivity index (χ1) is 8.81. The van der Waals surface area contributed by atoms with Gasteiger partial charge >= 0.3 is 0 Å². The summed E-state index contributed by atoms with van der Waals surface area (Å²) >= 11 is 0. The summed E-state index contributed by atoms with van der Waals surface area (Å²) in [6.45, 7) is 5.79. The van der Waals surface area contributed by atoms with E-state index in [4.69, 9.17) is 0 Å². The molecule has 98 valence electrons. The second-order valence-corrected chi connectivity index (χ2v) is 5.98. The Morgan fingerprint density at radius 2 is 2.00 bits per heavy atom. The van der Waals surface area contributed by atoms with Crippen LogP contribution in [0.3, 0.4) is 0 Å². The Morgan fingerprint density at radius 3 is 2.83 bits per heavy atom. The SMILES string of the molecule is CCCNC1=C2CCCC(=CC3=C1CCC3)C2C. The summed E-state index contributed by atoms with van der Waals surface area (Å²) in [7, 11) is 0. The minimum atomic E-state index is 0.684. The fourth-order valence-electron chi connectivity index (χ4n) is 3.78. The van der Waals surface area contributed by atoms with Gasteiger partial charge in [-0.3, -0.25) is 0 Å². The lowest BCUT2D eigenvalue weighted by atomic mass is 9.80. The third-order valence-electron chi connectivity index (χ3n) is 4.79. The van der Waals surface area contributed by atoms with Crippen LogP contribution in [0.2, 0.25) is 0 Å². The summed E-state index contributed by atoms with van der Waals surface area (Å²) in [5.41, 5.74) is 8.24. The summed E-state index contributed by atoms with van der Waals surface area (Å²) in [5, 5.41) is 3.76. The first-order valence-corrected chi connectivity index (χ1v) is 7.71. The first-order valence-electron chi connectivity index (χ1n) is 7.71. The maximum atomic E-state index is 3.76. The Bertz CT molecular complexity index is 437. The topological polar surface area (TPSA) is 12.0 Å². The maximum Gasteiger partial charge on any atom is 0.0373 e. The van der Waals surface area contributed by atoms with E-state index in [1.54, 1.807) is 28.0 Å². The largest absolute Gasteiger partial charge is 0.385 e. The Hall–Kier alpha value is -0.980. The van der Waals surface area contributed by atoms with Crippen LogP contribution in [0.4, 0.5) is 0 Å². The smallest absolute Gasteiger partial charge is 0.0373 e. The zero-order valence-electron chi connectivity index (χ0n) is 11.8. The Morgan fingerprint density at radius 1 is 1.17 bits per heavy atom. The van der Waals surface area contributed by atoms with E-state index in [0.717, 1.165) is 6.54 Å². The van der Waals surface area contributed by atoms with Crippen LogP contribution in [0.25, 0.3) is 0 Å². The van der Waals surface area contributed by atoms with Gasteiger partial charge in [0.2, 0.25) is 0 Å². The second kappa shape index (κ2) is 4.95. The zero-order chi connectivity index (χ0) is 12.5. The van der Waals surface area contributed by atoms with Crippen molar-refractivity contribution in [1.82, 2.24) is 5.32 Å². The molecule has 0 heterocycles. The van der Waals surface area contributed by atoms with Crippen LogP contribution < -0.4 is 5.32 Å². The van der Waals surface area contributed by atoms with E-state index >= 15 is 0 Å². The highest BCUT2D eigenvalue weighted by Gasteiger charge is 2.29. The van der Waals surface area contributed by atoms with Gasteiger partial charge in [0.05, 0.1) is 0 Å². The van der Waals surface area contributed by atoms with Crippen molar-refractivity contribution >= 4 is 0 Å². The molecule has 3 aliphatic carbocycles. The molecule has 0 aromatic carbocycles. The zero-order valence-corrected chi connectivity index (χ0v) is 11.8. The van der Waals surface area contributed by atoms with Gasteiger partial charge in [0.1, 0.15) is 0 Å². The Labute approximate surface area is 111 Å². The van der Waals surface area contributed by atoms with Gasteiger partial charge < -0.3 is 5.32 Å². The van der Waals surface area contributed by atoms with Crippen LogP contribution >= 0.6 is 0 Å². The standard InChI is InChI=1S/C17H25N/c1-3-10-18-17-15-8-4-6-13(12(15)2)11-14-7-5-9-16(14)17/h11-12,18H,3-10H2,1-2H3. The minimum Gasteiger partial charge on any atom is -0.385 e. The third kappa shape index (κ3) is 1.94. The summed E-state index contributed by atoms with van der Waals surface area (Å²) < 4.78 is 0. The van der Waals surface area contributed by atoms with E-state index in [9.17, 15) is 0 Å². The molecule has 3 rings (SSSR count).